The fourth-order valence-corrected chi connectivity index (χ4v) is 4.72. The van der Waals surface area contributed by atoms with Gasteiger partial charge in [0, 0.05) is 18.7 Å². The molecule has 0 radical (unpaired) electrons. The van der Waals surface area contributed by atoms with Gasteiger partial charge in [0.2, 0.25) is 5.91 Å². The van der Waals surface area contributed by atoms with Crippen molar-refractivity contribution in [2.24, 2.45) is 22.4 Å². The van der Waals surface area contributed by atoms with Crippen molar-refractivity contribution in [3.05, 3.63) is 95.1 Å². The number of amides is 1. The number of carbonyl (C=O) groups is 1. The molecule has 6 nitrogen and oxygen atoms in total. The highest BCUT2D eigenvalue weighted by Crippen LogP contribution is 2.31. The van der Waals surface area contributed by atoms with Crippen LogP contribution >= 0.6 is 0 Å². The van der Waals surface area contributed by atoms with Crippen molar-refractivity contribution >= 4 is 17.6 Å². The van der Waals surface area contributed by atoms with Gasteiger partial charge < -0.3 is 21.1 Å². The molecule has 0 heterocycles. The highest BCUT2D eigenvalue weighted by Gasteiger charge is 2.20. The van der Waals surface area contributed by atoms with E-state index in [1.54, 1.807) is 18.2 Å². The van der Waals surface area contributed by atoms with E-state index in [1.165, 1.54) is 43.2 Å². The minimum absolute atomic E-state index is 0.348. The fourth-order valence-electron chi connectivity index (χ4n) is 4.72. The molecule has 0 atom stereocenters. The van der Waals surface area contributed by atoms with Crippen molar-refractivity contribution < 1.29 is 9.53 Å². The summed E-state index contributed by atoms with van der Waals surface area (Å²) in [4.78, 5) is 18.8. The maximum absolute atomic E-state index is 11.8. The number of guanidine groups is 1. The van der Waals surface area contributed by atoms with E-state index in [1.807, 2.05) is 30.3 Å². The average Bonchev–Trinajstić information content (AvgIpc) is 2.90. The number of primary amides is 1. The van der Waals surface area contributed by atoms with Gasteiger partial charge in [-0.25, -0.2) is 4.99 Å². The summed E-state index contributed by atoms with van der Waals surface area (Å²) >= 11 is 0. The van der Waals surface area contributed by atoms with Gasteiger partial charge in [-0.05, 0) is 60.6 Å². The Bertz CT molecular complexity index is 1190. The number of aliphatic imine (C=N–C) groups is 1. The molecule has 0 aliphatic heterocycles. The normalized spacial score (nSPS) is 14.4. The second-order valence-electron chi connectivity index (χ2n) is 9.60. The van der Waals surface area contributed by atoms with Gasteiger partial charge in [0.25, 0.3) is 0 Å². The number of ether oxygens (including phenoxy) is 1. The lowest BCUT2D eigenvalue weighted by molar-refractivity contribution is 0.1000. The molecule has 4 rings (SSSR count). The van der Waals surface area contributed by atoms with E-state index in [2.05, 4.69) is 36.1 Å². The molecule has 36 heavy (non-hydrogen) atoms. The highest BCUT2D eigenvalue weighted by atomic mass is 16.5. The largest absolute Gasteiger partial charge is 0.487 e. The molecular weight excluding hydrogens is 448 g/mol. The van der Waals surface area contributed by atoms with Crippen molar-refractivity contribution in [3.8, 4) is 5.75 Å². The SMILES string of the molecule is Cc1ccccc1CN(CC1CCCCC1)C(N)=Nc1ccc(C(N)=O)cc1OCc1ccccc1. The van der Waals surface area contributed by atoms with Gasteiger partial charge in [-0.3, -0.25) is 4.79 Å². The second-order valence-corrected chi connectivity index (χ2v) is 9.60. The number of rotatable bonds is 9. The van der Waals surface area contributed by atoms with Crippen LogP contribution < -0.4 is 16.2 Å². The summed E-state index contributed by atoms with van der Waals surface area (Å²) in [5, 5.41) is 0. The maximum atomic E-state index is 11.8. The Kier molecular flexibility index (Phi) is 8.61. The zero-order valence-electron chi connectivity index (χ0n) is 21.0. The maximum Gasteiger partial charge on any atom is 0.248 e. The van der Waals surface area contributed by atoms with Gasteiger partial charge in [-0.1, -0.05) is 73.9 Å². The van der Waals surface area contributed by atoms with Gasteiger partial charge in [0.15, 0.2) is 5.96 Å². The van der Waals surface area contributed by atoms with Gasteiger partial charge in [-0.15, -0.1) is 0 Å². The van der Waals surface area contributed by atoms with Crippen LogP contribution in [-0.2, 0) is 13.2 Å². The minimum Gasteiger partial charge on any atom is -0.487 e. The molecule has 0 aromatic heterocycles. The van der Waals surface area contributed by atoms with E-state index in [0.29, 0.717) is 42.0 Å². The van der Waals surface area contributed by atoms with Crippen LogP contribution in [0, 0.1) is 12.8 Å². The van der Waals surface area contributed by atoms with E-state index >= 15 is 0 Å². The molecule has 0 bridgehead atoms. The van der Waals surface area contributed by atoms with Crippen LogP contribution in [-0.4, -0.2) is 23.3 Å². The molecule has 3 aromatic carbocycles. The van der Waals surface area contributed by atoms with Crippen molar-refractivity contribution in [3.63, 3.8) is 0 Å². The summed E-state index contributed by atoms with van der Waals surface area (Å²) in [5.74, 6) is 1.01. The van der Waals surface area contributed by atoms with Crippen molar-refractivity contribution in [2.45, 2.75) is 52.2 Å². The summed E-state index contributed by atoms with van der Waals surface area (Å²) in [6, 6.07) is 23.3. The predicted octanol–water partition coefficient (Wildman–Crippen LogP) is 5.70. The highest BCUT2D eigenvalue weighted by molar-refractivity contribution is 5.94. The number of nitrogens with zero attached hydrogens (tertiary/aromatic N) is 2. The second kappa shape index (κ2) is 12.2. The first kappa shape index (κ1) is 25.3. The molecule has 4 N–H and O–H groups in total. The number of benzene rings is 3. The zero-order valence-corrected chi connectivity index (χ0v) is 21.0. The van der Waals surface area contributed by atoms with E-state index < -0.39 is 5.91 Å². The molecule has 3 aromatic rings. The average molecular weight is 485 g/mol. The topological polar surface area (TPSA) is 93.9 Å². The van der Waals surface area contributed by atoms with E-state index in [0.717, 1.165) is 12.1 Å². The Hall–Kier alpha value is -3.80. The van der Waals surface area contributed by atoms with Crippen LogP contribution in [0.25, 0.3) is 0 Å². The Balaban J connectivity index is 1.62. The standard InChI is InChI=1S/C30H36N4O2/c1-22-10-8-9-15-26(22)20-34(19-23-11-4-2-5-12-23)30(32)33-27-17-16-25(29(31)35)18-28(27)36-21-24-13-6-3-7-14-24/h3,6-10,13-18,23H,2,4-5,11-12,19-21H2,1H3,(H2,31,35)(H2,32,33). The Morgan fingerprint density at radius 1 is 0.972 bits per heavy atom. The van der Waals surface area contributed by atoms with Gasteiger partial charge in [0.05, 0.1) is 0 Å². The van der Waals surface area contributed by atoms with Crippen molar-refractivity contribution in [1.29, 1.82) is 0 Å². The van der Waals surface area contributed by atoms with E-state index in [-0.39, 0.29) is 0 Å². The molecule has 0 spiro atoms. The van der Waals surface area contributed by atoms with Crippen LogP contribution in [0.1, 0.15) is 59.2 Å². The Labute approximate surface area is 214 Å². The van der Waals surface area contributed by atoms with Crippen LogP contribution in [0.3, 0.4) is 0 Å². The summed E-state index contributed by atoms with van der Waals surface area (Å²) in [6.07, 6.45) is 6.29. The Morgan fingerprint density at radius 3 is 2.42 bits per heavy atom. The third kappa shape index (κ3) is 6.87. The summed E-state index contributed by atoms with van der Waals surface area (Å²) in [5.41, 5.74) is 16.6. The summed E-state index contributed by atoms with van der Waals surface area (Å²) in [6.45, 7) is 4.03. The van der Waals surface area contributed by atoms with Crippen LogP contribution in [0.4, 0.5) is 5.69 Å². The molecule has 1 saturated carbocycles. The predicted molar refractivity (Wildman–Crippen MR) is 145 cm³/mol. The van der Waals surface area contributed by atoms with Gasteiger partial charge >= 0.3 is 0 Å². The van der Waals surface area contributed by atoms with E-state index in [4.69, 9.17) is 21.2 Å². The van der Waals surface area contributed by atoms with Crippen LogP contribution in [0.15, 0.2) is 77.8 Å². The Morgan fingerprint density at radius 2 is 1.69 bits per heavy atom. The third-order valence-corrected chi connectivity index (χ3v) is 6.87. The number of hydrogen-bond donors (Lipinski definition) is 2. The first-order valence-electron chi connectivity index (χ1n) is 12.7. The third-order valence-electron chi connectivity index (χ3n) is 6.87. The molecule has 0 saturated heterocycles. The van der Waals surface area contributed by atoms with Crippen molar-refractivity contribution in [1.82, 2.24) is 4.90 Å². The van der Waals surface area contributed by atoms with Crippen molar-refractivity contribution in [2.75, 3.05) is 6.54 Å². The number of carbonyl (C=O) groups excluding carboxylic acids is 1. The summed E-state index contributed by atoms with van der Waals surface area (Å²) < 4.78 is 6.09. The van der Waals surface area contributed by atoms with Gasteiger partial charge in [0.1, 0.15) is 18.0 Å². The lowest BCUT2D eigenvalue weighted by atomic mass is 9.89. The monoisotopic (exact) mass is 484 g/mol. The lowest BCUT2D eigenvalue weighted by Gasteiger charge is -2.31. The van der Waals surface area contributed by atoms with E-state index in [9.17, 15) is 4.79 Å². The van der Waals surface area contributed by atoms with Gasteiger partial charge in [-0.2, -0.15) is 0 Å². The first-order valence-corrected chi connectivity index (χ1v) is 12.7. The molecule has 1 aliphatic rings. The fraction of sp³-hybridized carbons (Fsp3) is 0.333. The molecule has 1 amide bonds. The smallest absolute Gasteiger partial charge is 0.248 e. The number of hydrogen-bond acceptors (Lipinski definition) is 3. The minimum atomic E-state index is -0.512. The summed E-state index contributed by atoms with van der Waals surface area (Å²) in [7, 11) is 0. The quantitative estimate of drug-likeness (QED) is 0.301. The lowest BCUT2D eigenvalue weighted by Crippen LogP contribution is -2.40. The number of nitrogens with two attached hydrogens (primary N) is 2. The first-order chi connectivity index (χ1) is 17.5. The van der Waals surface area contributed by atoms with Crippen LogP contribution in [0.5, 0.6) is 5.75 Å². The molecule has 6 heteroatoms. The van der Waals surface area contributed by atoms with Crippen LogP contribution in [0.2, 0.25) is 0 Å². The molecular formula is C30H36N4O2. The molecule has 1 aliphatic carbocycles. The number of aryl methyl sites for hydroxylation is 1. The molecule has 188 valence electrons. The molecule has 0 unspecified atom stereocenters. The zero-order chi connectivity index (χ0) is 25.3. The molecule has 1 fully saturated rings.